The van der Waals surface area contributed by atoms with Crippen molar-refractivity contribution in [1.82, 2.24) is 5.16 Å². The molecule has 6 nitrogen and oxygen atoms in total. The van der Waals surface area contributed by atoms with Gasteiger partial charge in [0, 0.05) is 17.8 Å². The molecule has 0 bridgehead atoms. The minimum Gasteiger partial charge on any atom is -0.493 e. The van der Waals surface area contributed by atoms with Crippen molar-refractivity contribution < 1.29 is 18.8 Å². The summed E-state index contributed by atoms with van der Waals surface area (Å²) in [5.74, 6) is 1.67. The first-order valence-electron chi connectivity index (χ1n) is 6.06. The first kappa shape index (κ1) is 13.9. The molecule has 2 rings (SSSR count). The summed E-state index contributed by atoms with van der Waals surface area (Å²) in [7, 11) is 3.10. The number of amides is 1. The summed E-state index contributed by atoms with van der Waals surface area (Å²) in [6.45, 7) is 1.78. The van der Waals surface area contributed by atoms with Crippen molar-refractivity contribution in [3.8, 4) is 11.5 Å². The fourth-order valence-electron chi connectivity index (χ4n) is 1.78. The number of hydrogen-bond donors (Lipinski definition) is 1. The van der Waals surface area contributed by atoms with E-state index in [-0.39, 0.29) is 12.3 Å². The summed E-state index contributed by atoms with van der Waals surface area (Å²) in [5.41, 5.74) is 1.23. The van der Waals surface area contributed by atoms with Gasteiger partial charge in [0.05, 0.1) is 26.3 Å². The predicted molar refractivity (Wildman–Crippen MR) is 73.1 cm³/mol. The molecule has 6 heteroatoms. The Bertz CT molecular complexity index is 607. The number of methoxy groups -OCH3 is 2. The summed E-state index contributed by atoms with van der Waals surface area (Å²) < 4.78 is 15.2. The van der Waals surface area contributed by atoms with Gasteiger partial charge in [-0.05, 0) is 19.1 Å². The van der Waals surface area contributed by atoms with E-state index < -0.39 is 0 Å². The number of ether oxygens (including phenoxy) is 2. The quantitative estimate of drug-likeness (QED) is 0.906. The van der Waals surface area contributed by atoms with Gasteiger partial charge in [-0.25, -0.2) is 0 Å². The van der Waals surface area contributed by atoms with Crippen LogP contribution in [0.5, 0.6) is 11.5 Å². The van der Waals surface area contributed by atoms with E-state index in [1.165, 1.54) is 0 Å². The zero-order valence-electron chi connectivity index (χ0n) is 11.6. The molecule has 1 heterocycles. The number of carbonyl (C=O) groups is 1. The van der Waals surface area contributed by atoms with Crippen LogP contribution in [0.1, 0.15) is 11.5 Å². The van der Waals surface area contributed by atoms with Gasteiger partial charge in [0.25, 0.3) is 0 Å². The molecule has 1 aromatic heterocycles. The van der Waals surface area contributed by atoms with E-state index in [4.69, 9.17) is 14.0 Å². The van der Waals surface area contributed by atoms with Crippen molar-refractivity contribution in [1.29, 1.82) is 0 Å². The predicted octanol–water partition coefficient (Wildman–Crippen LogP) is 2.18. The van der Waals surface area contributed by atoms with Crippen LogP contribution >= 0.6 is 0 Å². The van der Waals surface area contributed by atoms with Crippen LogP contribution in [-0.2, 0) is 11.2 Å². The second-order valence-electron chi connectivity index (χ2n) is 4.22. The summed E-state index contributed by atoms with van der Waals surface area (Å²) in [4.78, 5) is 11.9. The number of aromatic nitrogens is 1. The maximum Gasteiger partial charge on any atom is 0.230 e. The maximum absolute atomic E-state index is 11.9. The molecule has 0 fully saturated rings. The van der Waals surface area contributed by atoms with Crippen molar-refractivity contribution in [2.45, 2.75) is 13.3 Å². The Morgan fingerprint density at radius 3 is 2.60 bits per heavy atom. The van der Waals surface area contributed by atoms with E-state index in [2.05, 4.69) is 10.5 Å². The van der Waals surface area contributed by atoms with Crippen LogP contribution in [0.4, 0.5) is 5.69 Å². The minimum atomic E-state index is -0.175. The normalized spacial score (nSPS) is 10.2. The van der Waals surface area contributed by atoms with Gasteiger partial charge in [-0.2, -0.15) is 0 Å². The van der Waals surface area contributed by atoms with Crippen molar-refractivity contribution in [2.75, 3.05) is 19.5 Å². The largest absolute Gasteiger partial charge is 0.493 e. The Balaban J connectivity index is 2.04. The van der Waals surface area contributed by atoms with Gasteiger partial charge in [-0.15, -0.1) is 0 Å². The number of aryl methyl sites for hydroxylation is 1. The Morgan fingerprint density at radius 1 is 1.25 bits per heavy atom. The molecule has 0 spiro atoms. The van der Waals surface area contributed by atoms with Gasteiger partial charge in [0.2, 0.25) is 5.91 Å². The zero-order chi connectivity index (χ0) is 14.5. The van der Waals surface area contributed by atoms with Gasteiger partial charge in [-0.1, -0.05) is 5.16 Å². The van der Waals surface area contributed by atoms with Crippen LogP contribution in [-0.4, -0.2) is 25.3 Å². The molecule has 0 saturated carbocycles. The van der Waals surface area contributed by atoms with Crippen LogP contribution in [0.2, 0.25) is 0 Å². The van der Waals surface area contributed by atoms with Gasteiger partial charge < -0.3 is 19.3 Å². The molecule has 0 unspecified atom stereocenters. The Labute approximate surface area is 116 Å². The average Bonchev–Trinajstić information content (AvgIpc) is 2.83. The SMILES string of the molecule is COc1ccc(NC(=O)Cc2cc(C)on2)cc1OC. The van der Waals surface area contributed by atoms with Gasteiger partial charge in [-0.3, -0.25) is 4.79 Å². The summed E-state index contributed by atoms with van der Waals surface area (Å²) in [5, 5.41) is 6.55. The maximum atomic E-state index is 11.9. The van der Waals surface area contributed by atoms with E-state index in [0.717, 1.165) is 0 Å². The summed E-state index contributed by atoms with van der Waals surface area (Å²) in [6.07, 6.45) is 0.158. The number of nitrogens with zero attached hydrogens (tertiary/aromatic N) is 1. The number of benzene rings is 1. The molecule has 0 aliphatic rings. The highest BCUT2D eigenvalue weighted by atomic mass is 16.5. The molecule has 0 aliphatic carbocycles. The van der Waals surface area contributed by atoms with Crippen LogP contribution in [0, 0.1) is 6.92 Å². The van der Waals surface area contributed by atoms with Crippen LogP contribution in [0.3, 0.4) is 0 Å². The molecular weight excluding hydrogens is 260 g/mol. The lowest BCUT2D eigenvalue weighted by Gasteiger charge is -2.10. The molecule has 1 amide bonds. The van der Waals surface area contributed by atoms with Crippen molar-refractivity contribution in [3.63, 3.8) is 0 Å². The number of anilines is 1. The van der Waals surface area contributed by atoms with Crippen molar-refractivity contribution >= 4 is 11.6 Å². The summed E-state index contributed by atoms with van der Waals surface area (Å²) in [6, 6.07) is 6.90. The Morgan fingerprint density at radius 2 is 2.00 bits per heavy atom. The third kappa shape index (κ3) is 3.28. The number of carbonyl (C=O) groups excluding carboxylic acids is 1. The third-order valence-corrected chi connectivity index (χ3v) is 2.69. The molecule has 106 valence electrons. The highest BCUT2D eigenvalue weighted by molar-refractivity contribution is 5.92. The molecule has 0 radical (unpaired) electrons. The molecule has 1 N–H and O–H groups in total. The molecule has 0 saturated heterocycles. The minimum absolute atomic E-state index is 0.158. The van der Waals surface area contributed by atoms with E-state index in [0.29, 0.717) is 28.6 Å². The van der Waals surface area contributed by atoms with Gasteiger partial charge in [0.1, 0.15) is 5.76 Å². The molecule has 20 heavy (non-hydrogen) atoms. The highest BCUT2D eigenvalue weighted by Gasteiger charge is 2.10. The molecule has 0 atom stereocenters. The van der Waals surface area contributed by atoms with Gasteiger partial charge in [0.15, 0.2) is 11.5 Å². The first-order valence-corrected chi connectivity index (χ1v) is 6.06. The third-order valence-electron chi connectivity index (χ3n) is 2.69. The lowest BCUT2D eigenvalue weighted by Crippen LogP contribution is -2.14. The average molecular weight is 276 g/mol. The number of hydrogen-bond acceptors (Lipinski definition) is 5. The van der Waals surface area contributed by atoms with Gasteiger partial charge >= 0.3 is 0 Å². The van der Waals surface area contributed by atoms with Crippen molar-refractivity contribution in [3.05, 3.63) is 35.7 Å². The second-order valence-corrected chi connectivity index (χ2v) is 4.22. The fraction of sp³-hybridized carbons (Fsp3) is 0.286. The Kier molecular flexibility index (Phi) is 4.24. The highest BCUT2D eigenvalue weighted by Crippen LogP contribution is 2.29. The van der Waals surface area contributed by atoms with Crippen LogP contribution in [0.15, 0.2) is 28.8 Å². The smallest absolute Gasteiger partial charge is 0.230 e. The lowest BCUT2D eigenvalue weighted by molar-refractivity contribution is -0.115. The zero-order valence-corrected chi connectivity index (χ0v) is 11.6. The molecule has 2 aromatic rings. The number of nitrogens with one attached hydrogen (secondary N) is 1. The fourth-order valence-corrected chi connectivity index (χ4v) is 1.78. The van der Waals surface area contributed by atoms with E-state index >= 15 is 0 Å². The van der Waals surface area contributed by atoms with E-state index in [1.54, 1.807) is 45.4 Å². The van der Waals surface area contributed by atoms with Crippen molar-refractivity contribution in [2.24, 2.45) is 0 Å². The second kappa shape index (κ2) is 6.10. The van der Waals surface area contributed by atoms with Crippen LogP contribution in [0.25, 0.3) is 0 Å². The van der Waals surface area contributed by atoms with Crippen LogP contribution < -0.4 is 14.8 Å². The molecule has 0 aliphatic heterocycles. The van der Waals surface area contributed by atoms with E-state index in [1.807, 2.05) is 0 Å². The standard InChI is InChI=1S/C14H16N2O4/c1-9-6-11(16-20-9)8-14(17)15-10-4-5-12(18-2)13(7-10)19-3/h4-7H,8H2,1-3H3,(H,15,17). The topological polar surface area (TPSA) is 73.6 Å². The Hall–Kier alpha value is -2.50. The summed E-state index contributed by atoms with van der Waals surface area (Å²) >= 11 is 0. The van der Waals surface area contributed by atoms with E-state index in [9.17, 15) is 4.79 Å². The molecular formula is C14H16N2O4. The first-order chi connectivity index (χ1) is 9.62. The molecule has 1 aromatic carbocycles. The number of rotatable bonds is 5. The lowest BCUT2D eigenvalue weighted by atomic mass is 10.2. The monoisotopic (exact) mass is 276 g/mol.